The Morgan fingerprint density at radius 1 is 1.67 bits per heavy atom. The Kier molecular flexibility index (Phi) is 2.36. The van der Waals surface area contributed by atoms with Gasteiger partial charge in [-0.05, 0) is 11.6 Å². The Bertz CT molecular complexity index is 382. The summed E-state index contributed by atoms with van der Waals surface area (Å²) in [4.78, 5) is 12.8. The van der Waals surface area contributed by atoms with Crippen molar-refractivity contribution in [2.45, 2.75) is 6.04 Å². The summed E-state index contributed by atoms with van der Waals surface area (Å²) in [5.74, 6) is -0.735. The molecule has 0 spiro atoms. The standard InChI is InChI=1S/C11H14N2O2/c1-13-9(11(14)15)5-7-3-2-4-8(6-12)10(7)13/h2-5,7,10H,6,12H2,1H3,(H,14,15). The lowest BCUT2D eigenvalue weighted by Crippen LogP contribution is -2.37. The van der Waals surface area contributed by atoms with Crippen LogP contribution >= 0.6 is 0 Å². The molecule has 1 aliphatic carbocycles. The van der Waals surface area contributed by atoms with Crippen molar-refractivity contribution in [1.82, 2.24) is 4.90 Å². The number of hydrogen-bond acceptors (Lipinski definition) is 3. The molecular formula is C11H14N2O2. The van der Waals surface area contributed by atoms with Crippen LogP contribution in [0.1, 0.15) is 0 Å². The van der Waals surface area contributed by atoms with Gasteiger partial charge in [0.1, 0.15) is 5.70 Å². The highest BCUT2D eigenvalue weighted by molar-refractivity contribution is 5.87. The first-order valence-corrected chi connectivity index (χ1v) is 4.90. The van der Waals surface area contributed by atoms with E-state index >= 15 is 0 Å². The maximum atomic E-state index is 11.0. The fourth-order valence-electron chi connectivity index (χ4n) is 2.27. The van der Waals surface area contributed by atoms with Crippen LogP contribution < -0.4 is 5.73 Å². The zero-order valence-electron chi connectivity index (χ0n) is 8.55. The maximum absolute atomic E-state index is 11.0. The molecule has 1 heterocycles. The van der Waals surface area contributed by atoms with Crippen LogP contribution in [0.4, 0.5) is 0 Å². The number of fused-ring (bicyclic) bond motifs is 1. The van der Waals surface area contributed by atoms with E-state index in [-0.39, 0.29) is 12.0 Å². The van der Waals surface area contributed by atoms with Crippen LogP contribution in [0.3, 0.4) is 0 Å². The van der Waals surface area contributed by atoms with Crippen molar-refractivity contribution in [1.29, 1.82) is 0 Å². The van der Waals surface area contributed by atoms with Gasteiger partial charge in [-0.25, -0.2) is 4.79 Å². The minimum absolute atomic E-state index is 0.0890. The first kappa shape index (κ1) is 9.98. The van der Waals surface area contributed by atoms with Crippen LogP contribution in [0.25, 0.3) is 0 Å². The van der Waals surface area contributed by atoms with Gasteiger partial charge in [0.15, 0.2) is 0 Å². The molecular weight excluding hydrogens is 192 g/mol. The monoisotopic (exact) mass is 206 g/mol. The largest absolute Gasteiger partial charge is 0.477 e. The van der Waals surface area contributed by atoms with E-state index in [0.717, 1.165) is 5.57 Å². The molecule has 80 valence electrons. The molecule has 15 heavy (non-hydrogen) atoms. The number of allylic oxidation sites excluding steroid dienone is 2. The number of carbonyl (C=O) groups is 1. The molecule has 2 aliphatic rings. The van der Waals surface area contributed by atoms with E-state index < -0.39 is 5.97 Å². The Labute approximate surface area is 88.4 Å². The van der Waals surface area contributed by atoms with Crippen LogP contribution in [-0.4, -0.2) is 35.6 Å². The lowest BCUT2D eigenvalue weighted by molar-refractivity contribution is -0.134. The van der Waals surface area contributed by atoms with E-state index in [0.29, 0.717) is 12.2 Å². The number of rotatable bonds is 2. The molecule has 0 amide bonds. The second-order valence-electron chi connectivity index (χ2n) is 3.82. The summed E-state index contributed by atoms with van der Waals surface area (Å²) in [7, 11) is 1.80. The minimum atomic E-state index is -0.878. The van der Waals surface area contributed by atoms with E-state index in [1.54, 1.807) is 18.0 Å². The quantitative estimate of drug-likeness (QED) is 0.683. The highest BCUT2D eigenvalue weighted by Gasteiger charge is 2.36. The first-order valence-electron chi connectivity index (χ1n) is 4.90. The van der Waals surface area contributed by atoms with Gasteiger partial charge in [0.2, 0.25) is 0 Å². The van der Waals surface area contributed by atoms with Gasteiger partial charge in [-0.15, -0.1) is 0 Å². The topological polar surface area (TPSA) is 66.6 Å². The fourth-order valence-corrected chi connectivity index (χ4v) is 2.27. The van der Waals surface area contributed by atoms with Gasteiger partial charge in [-0.3, -0.25) is 0 Å². The van der Waals surface area contributed by atoms with Crippen molar-refractivity contribution < 1.29 is 9.90 Å². The minimum Gasteiger partial charge on any atom is -0.477 e. The number of nitrogens with two attached hydrogens (primary N) is 1. The summed E-state index contributed by atoms with van der Waals surface area (Å²) in [6.07, 6.45) is 7.71. The summed E-state index contributed by atoms with van der Waals surface area (Å²) in [6.45, 7) is 0.469. The van der Waals surface area contributed by atoms with Crippen molar-refractivity contribution in [3.05, 3.63) is 35.6 Å². The lowest BCUT2D eigenvalue weighted by atomic mass is 9.90. The van der Waals surface area contributed by atoms with E-state index in [9.17, 15) is 4.79 Å². The molecule has 1 aliphatic heterocycles. The van der Waals surface area contributed by atoms with Gasteiger partial charge in [0, 0.05) is 19.5 Å². The number of carboxylic acids is 1. The summed E-state index contributed by atoms with van der Waals surface area (Å²) >= 11 is 0. The summed E-state index contributed by atoms with van der Waals surface area (Å²) in [6, 6.07) is 0.0890. The molecule has 0 aromatic rings. The van der Waals surface area contributed by atoms with Crippen LogP contribution in [0, 0.1) is 5.92 Å². The van der Waals surface area contributed by atoms with Crippen molar-refractivity contribution in [3.63, 3.8) is 0 Å². The Balaban J connectivity index is 2.33. The van der Waals surface area contributed by atoms with Crippen LogP contribution in [0.15, 0.2) is 35.6 Å². The molecule has 2 unspecified atom stereocenters. The summed E-state index contributed by atoms with van der Waals surface area (Å²) < 4.78 is 0. The third-order valence-corrected chi connectivity index (χ3v) is 2.99. The van der Waals surface area contributed by atoms with Crippen molar-refractivity contribution in [2.75, 3.05) is 13.6 Å². The van der Waals surface area contributed by atoms with E-state index in [4.69, 9.17) is 10.8 Å². The average molecular weight is 206 g/mol. The molecule has 2 atom stereocenters. The summed E-state index contributed by atoms with van der Waals surface area (Å²) in [5.41, 5.74) is 7.08. The molecule has 0 radical (unpaired) electrons. The Hall–Kier alpha value is -1.55. The molecule has 0 saturated heterocycles. The van der Waals surface area contributed by atoms with Crippen LogP contribution in [0.2, 0.25) is 0 Å². The van der Waals surface area contributed by atoms with Crippen molar-refractivity contribution in [2.24, 2.45) is 11.7 Å². The lowest BCUT2D eigenvalue weighted by Gasteiger charge is -2.30. The zero-order valence-corrected chi connectivity index (χ0v) is 8.55. The predicted octanol–water partition coefficient (Wildman–Crippen LogP) is 0.340. The molecule has 2 rings (SSSR count). The molecule has 0 aromatic carbocycles. The van der Waals surface area contributed by atoms with Gasteiger partial charge in [0.25, 0.3) is 0 Å². The second kappa shape index (κ2) is 3.55. The molecule has 3 N–H and O–H groups in total. The van der Waals surface area contributed by atoms with E-state index in [1.165, 1.54) is 0 Å². The Morgan fingerprint density at radius 2 is 2.40 bits per heavy atom. The van der Waals surface area contributed by atoms with Crippen molar-refractivity contribution >= 4 is 5.97 Å². The van der Waals surface area contributed by atoms with E-state index in [1.807, 2.05) is 18.2 Å². The van der Waals surface area contributed by atoms with Crippen molar-refractivity contribution in [3.8, 4) is 0 Å². The number of likely N-dealkylation sites (N-methyl/N-ethyl adjacent to an activating group) is 1. The predicted molar refractivity (Wildman–Crippen MR) is 57.0 cm³/mol. The Morgan fingerprint density at radius 3 is 3.00 bits per heavy atom. The maximum Gasteiger partial charge on any atom is 0.351 e. The van der Waals surface area contributed by atoms with Gasteiger partial charge in [0.05, 0.1) is 6.04 Å². The van der Waals surface area contributed by atoms with E-state index in [2.05, 4.69) is 0 Å². The summed E-state index contributed by atoms with van der Waals surface area (Å²) in [5, 5.41) is 9.00. The fraction of sp³-hybridized carbons (Fsp3) is 0.364. The molecule has 0 saturated carbocycles. The average Bonchev–Trinajstić information content (AvgIpc) is 2.56. The second-order valence-corrected chi connectivity index (χ2v) is 3.82. The first-order chi connectivity index (χ1) is 7.15. The normalized spacial score (nSPS) is 28.5. The third kappa shape index (κ3) is 1.47. The van der Waals surface area contributed by atoms with Gasteiger partial charge in [-0.1, -0.05) is 18.2 Å². The molecule has 4 heteroatoms. The highest BCUT2D eigenvalue weighted by atomic mass is 16.4. The highest BCUT2D eigenvalue weighted by Crippen LogP contribution is 2.33. The SMILES string of the molecule is CN1C(C(=O)O)=CC2C=CC=C(CN)C21. The molecule has 0 fully saturated rings. The van der Waals surface area contributed by atoms with Crippen LogP contribution in [-0.2, 0) is 4.79 Å². The number of nitrogens with zero attached hydrogens (tertiary/aromatic N) is 1. The third-order valence-electron chi connectivity index (χ3n) is 2.99. The van der Waals surface area contributed by atoms with Gasteiger partial charge in [-0.2, -0.15) is 0 Å². The molecule has 4 nitrogen and oxygen atoms in total. The molecule has 0 bridgehead atoms. The molecule has 0 aromatic heterocycles. The number of hydrogen-bond donors (Lipinski definition) is 2. The zero-order chi connectivity index (χ0) is 11.0. The smallest absolute Gasteiger partial charge is 0.351 e. The van der Waals surface area contributed by atoms with Gasteiger partial charge < -0.3 is 15.7 Å². The van der Waals surface area contributed by atoms with Crippen LogP contribution in [0.5, 0.6) is 0 Å². The number of aliphatic carboxylic acids is 1. The number of carboxylic acid groups (broad SMARTS) is 1. The van der Waals surface area contributed by atoms with Gasteiger partial charge >= 0.3 is 5.97 Å².